The van der Waals surface area contributed by atoms with Gasteiger partial charge in [-0.25, -0.2) is 9.67 Å². The van der Waals surface area contributed by atoms with Crippen molar-refractivity contribution in [2.45, 2.75) is 46.6 Å². The molecule has 2 aromatic carbocycles. The van der Waals surface area contributed by atoms with Crippen molar-refractivity contribution >= 4 is 22.6 Å². The first-order valence-corrected chi connectivity index (χ1v) is 13.1. The van der Waals surface area contributed by atoms with Crippen LogP contribution in [-0.4, -0.2) is 45.0 Å². The lowest BCUT2D eigenvalue weighted by Gasteiger charge is -2.28. The third kappa shape index (κ3) is 3.82. The van der Waals surface area contributed by atoms with Crippen molar-refractivity contribution < 1.29 is 18.8 Å². The van der Waals surface area contributed by atoms with E-state index in [-0.39, 0.29) is 17.8 Å². The van der Waals surface area contributed by atoms with E-state index in [1.807, 2.05) is 37.8 Å². The normalized spacial score (nSPS) is 14.8. The Morgan fingerprint density at radius 3 is 2.45 bits per heavy atom. The van der Waals surface area contributed by atoms with Gasteiger partial charge < -0.3 is 14.0 Å². The summed E-state index contributed by atoms with van der Waals surface area (Å²) < 4.78 is 18.1. The smallest absolute Gasteiger partial charge is 0.319 e. The Hall–Kier alpha value is -4.73. The highest BCUT2D eigenvalue weighted by Crippen LogP contribution is 2.46. The average molecular weight is 539 g/mol. The summed E-state index contributed by atoms with van der Waals surface area (Å²) in [5, 5.41) is 9.91. The van der Waals surface area contributed by atoms with Crippen molar-refractivity contribution in [2.75, 3.05) is 19.1 Å². The molecular formula is C30H30N6O4. The molecule has 204 valence electrons. The average Bonchev–Trinajstić information content (AvgIpc) is 3.60. The van der Waals surface area contributed by atoms with E-state index in [1.54, 1.807) is 10.9 Å². The summed E-state index contributed by atoms with van der Waals surface area (Å²) in [4.78, 5) is 24.8. The van der Waals surface area contributed by atoms with Crippen LogP contribution in [-0.2, 0) is 0 Å². The molecular weight excluding hydrogens is 508 g/mol. The van der Waals surface area contributed by atoms with Crippen molar-refractivity contribution in [1.29, 1.82) is 0 Å². The number of rotatable bonds is 6. The summed E-state index contributed by atoms with van der Waals surface area (Å²) in [6.07, 6.45) is 1.60. The Morgan fingerprint density at radius 1 is 1.02 bits per heavy atom. The second-order valence-corrected chi connectivity index (χ2v) is 10.4. The molecule has 40 heavy (non-hydrogen) atoms. The number of hydrogen-bond acceptors (Lipinski definition) is 8. The Labute approximate surface area is 231 Å². The summed E-state index contributed by atoms with van der Waals surface area (Å²) in [6.45, 7) is 10.1. The van der Waals surface area contributed by atoms with Crippen molar-refractivity contribution in [3.63, 3.8) is 0 Å². The molecule has 10 heteroatoms. The van der Waals surface area contributed by atoms with Crippen molar-refractivity contribution in [1.82, 2.24) is 24.9 Å². The van der Waals surface area contributed by atoms with Crippen LogP contribution >= 0.6 is 0 Å². The lowest BCUT2D eigenvalue weighted by Crippen LogP contribution is -2.30. The van der Waals surface area contributed by atoms with Gasteiger partial charge in [-0.05, 0) is 49.9 Å². The number of benzene rings is 2. The Morgan fingerprint density at radius 2 is 1.77 bits per heavy atom. The number of aromatic nitrogens is 5. The van der Waals surface area contributed by atoms with Gasteiger partial charge in [0, 0.05) is 16.6 Å². The molecule has 0 aliphatic carbocycles. The van der Waals surface area contributed by atoms with E-state index >= 15 is 0 Å². The van der Waals surface area contributed by atoms with Crippen molar-refractivity contribution in [3.8, 4) is 17.6 Å². The van der Waals surface area contributed by atoms with Crippen LogP contribution in [0.5, 0.6) is 11.9 Å². The quantitative estimate of drug-likeness (QED) is 0.274. The summed E-state index contributed by atoms with van der Waals surface area (Å²) >= 11 is 0. The standard InChI is InChI=1S/C30H30N6O4/c1-15(2)25-23-24(33-36(25)22-14-31-30(39-7)32-28(22)38-6)29(37)35(26(23)19-10-8-16(3)9-11-19)20-12-17(4)27-21(13-20)18(5)34-40-27/h8-15,26H,1-7H3/t26-/m1/s1. The van der Waals surface area contributed by atoms with Gasteiger partial charge in [-0.2, -0.15) is 10.1 Å². The van der Waals surface area contributed by atoms with Crippen LogP contribution in [0.4, 0.5) is 5.69 Å². The Bertz CT molecular complexity index is 1770. The highest BCUT2D eigenvalue weighted by Gasteiger charge is 2.45. The first-order chi connectivity index (χ1) is 19.2. The van der Waals surface area contributed by atoms with Gasteiger partial charge in [0.15, 0.2) is 11.3 Å². The van der Waals surface area contributed by atoms with Crippen molar-refractivity contribution in [2.24, 2.45) is 0 Å². The second-order valence-electron chi connectivity index (χ2n) is 10.4. The number of amides is 1. The van der Waals surface area contributed by atoms with Crippen LogP contribution in [0.3, 0.4) is 0 Å². The molecule has 1 aliphatic heterocycles. The second kappa shape index (κ2) is 9.48. The molecule has 0 saturated heterocycles. The van der Waals surface area contributed by atoms with E-state index in [2.05, 4.69) is 53.2 Å². The third-order valence-corrected chi connectivity index (χ3v) is 7.37. The van der Waals surface area contributed by atoms with Crippen LogP contribution in [0, 0.1) is 20.8 Å². The topological polar surface area (TPSA) is 108 Å². The summed E-state index contributed by atoms with van der Waals surface area (Å²) in [5.41, 5.74) is 7.91. The first-order valence-electron chi connectivity index (χ1n) is 13.1. The predicted molar refractivity (Wildman–Crippen MR) is 150 cm³/mol. The van der Waals surface area contributed by atoms with Crippen LogP contribution in [0.2, 0.25) is 0 Å². The number of ether oxygens (including phenoxy) is 2. The van der Waals surface area contributed by atoms with Crippen LogP contribution in [0.25, 0.3) is 16.7 Å². The summed E-state index contributed by atoms with van der Waals surface area (Å²) in [5.74, 6) is 0.117. The maximum absolute atomic E-state index is 14.3. The number of fused-ring (bicyclic) bond motifs is 2. The maximum atomic E-state index is 14.3. The predicted octanol–water partition coefficient (Wildman–Crippen LogP) is 5.62. The zero-order valence-corrected chi connectivity index (χ0v) is 23.5. The highest BCUT2D eigenvalue weighted by atomic mass is 16.5. The minimum Gasteiger partial charge on any atom is -0.479 e. The third-order valence-electron chi connectivity index (χ3n) is 7.37. The number of methoxy groups -OCH3 is 2. The number of aryl methyl sites for hydroxylation is 3. The van der Waals surface area contributed by atoms with Gasteiger partial charge in [-0.1, -0.05) is 48.8 Å². The van der Waals surface area contributed by atoms with E-state index in [0.717, 1.165) is 50.3 Å². The Balaban J connectivity index is 1.61. The molecule has 1 amide bonds. The Kier molecular flexibility index (Phi) is 6.05. The van der Waals surface area contributed by atoms with Crippen LogP contribution in [0.1, 0.15) is 69.9 Å². The lowest BCUT2D eigenvalue weighted by molar-refractivity contribution is 0.0988. The SMILES string of the molecule is COc1ncc(-n2nc3c(c2C(C)C)[C@@H](c2ccc(C)cc2)N(c2cc(C)c4onc(C)c4c2)C3=O)c(OC)n1. The van der Waals surface area contributed by atoms with E-state index in [0.29, 0.717) is 17.3 Å². The number of carbonyl (C=O) groups is 1. The zero-order chi connectivity index (χ0) is 28.3. The molecule has 6 rings (SSSR count). The van der Waals surface area contributed by atoms with Gasteiger partial charge in [-0.15, -0.1) is 0 Å². The minimum absolute atomic E-state index is 0.00768. The zero-order valence-electron chi connectivity index (χ0n) is 23.5. The molecule has 3 aromatic heterocycles. The fourth-order valence-corrected chi connectivity index (χ4v) is 5.49. The maximum Gasteiger partial charge on any atom is 0.319 e. The number of hydrogen-bond donors (Lipinski definition) is 0. The van der Waals surface area contributed by atoms with Crippen LogP contribution in [0.15, 0.2) is 47.1 Å². The first kappa shape index (κ1) is 25.5. The van der Waals surface area contributed by atoms with Gasteiger partial charge in [0.2, 0.25) is 5.88 Å². The molecule has 0 unspecified atom stereocenters. The van der Waals surface area contributed by atoms with Gasteiger partial charge in [0.05, 0.1) is 37.8 Å². The molecule has 4 heterocycles. The fraction of sp³-hybridized carbons (Fsp3) is 0.300. The molecule has 0 radical (unpaired) electrons. The van der Waals surface area contributed by atoms with Crippen LogP contribution < -0.4 is 14.4 Å². The van der Waals surface area contributed by atoms with E-state index in [4.69, 9.17) is 19.1 Å². The van der Waals surface area contributed by atoms with Crippen molar-refractivity contribution in [3.05, 3.63) is 81.9 Å². The molecule has 10 nitrogen and oxygen atoms in total. The number of nitrogens with zero attached hydrogens (tertiary/aromatic N) is 6. The van der Waals surface area contributed by atoms with E-state index < -0.39 is 6.04 Å². The molecule has 0 fully saturated rings. The van der Waals surface area contributed by atoms with E-state index in [1.165, 1.54) is 14.2 Å². The molecule has 5 aromatic rings. The largest absolute Gasteiger partial charge is 0.479 e. The minimum atomic E-state index is -0.406. The van der Waals surface area contributed by atoms with Gasteiger partial charge in [0.1, 0.15) is 5.69 Å². The van der Waals surface area contributed by atoms with Gasteiger partial charge in [-0.3, -0.25) is 9.69 Å². The molecule has 0 spiro atoms. The molecule has 0 bridgehead atoms. The molecule has 0 N–H and O–H groups in total. The summed E-state index contributed by atoms with van der Waals surface area (Å²) in [7, 11) is 3.03. The fourth-order valence-electron chi connectivity index (χ4n) is 5.49. The molecule has 1 aliphatic rings. The van der Waals surface area contributed by atoms with E-state index in [9.17, 15) is 4.79 Å². The lowest BCUT2D eigenvalue weighted by atomic mass is 9.93. The van der Waals surface area contributed by atoms with Gasteiger partial charge >= 0.3 is 6.01 Å². The number of anilines is 1. The van der Waals surface area contributed by atoms with Gasteiger partial charge in [0.25, 0.3) is 5.91 Å². The highest BCUT2D eigenvalue weighted by molar-refractivity contribution is 6.11. The number of carbonyl (C=O) groups excluding carboxylic acids is 1. The molecule has 1 atom stereocenters. The molecule has 0 saturated carbocycles. The monoisotopic (exact) mass is 538 g/mol. The summed E-state index contributed by atoms with van der Waals surface area (Å²) in [6, 6.07) is 12.0.